The van der Waals surface area contributed by atoms with Gasteiger partial charge >= 0.3 is 0 Å². The molecular formula is C27H24FNO4. The maximum absolute atomic E-state index is 13.4. The molecule has 0 aromatic heterocycles. The number of halogens is 1. The van der Waals surface area contributed by atoms with E-state index in [0.717, 1.165) is 0 Å². The van der Waals surface area contributed by atoms with Crippen LogP contribution in [0.4, 0.5) is 4.39 Å². The number of hydrogen-bond acceptors (Lipinski definition) is 4. The molecule has 33 heavy (non-hydrogen) atoms. The molecule has 1 N–H and O–H groups in total. The minimum atomic E-state index is -0.786. The van der Waals surface area contributed by atoms with Crippen LogP contribution < -0.4 is 4.74 Å². The van der Waals surface area contributed by atoms with Crippen LogP contribution >= 0.6 is 0 Å². The van der Waals surface area contributed by atoms with Crippen molar-refractivity contribution in [1.82, 2.24) is 4.90 Å². The molecule has 1 saturated heterocycles. The van der Waals surface area contributed by atoms with Crippen molar-refractivity contribution in [2.24, 2.45) is 0 Å². The van der Waals surface area contributed by atoms with Gasteiger partial charge in [-0.3, -0.25) is 9.59 Å². The van der Waals surface area contributed by atoms with Gasteiger partial charge in [-0.15, -0.1) is 0 Å². The maximum atomic E-state index is 13.4. The number of hydrogen-bond donors (Lipinski definition) is 1. The second kappa shape index (κ2) is 9.28. The Morgan fingerprint density at radius 1 is 1.00 bits per heavy atom. The van der Waals surface area contributed by atoms with Gasteiger partial charge in [0.15, 0.2) is 0 Å². The largest absolute Gasteiger partial charge is 0.507 e. The van der Waals surface area contributed by atoms with Crippen molar-refractivity contribution in [2.45, 2.75) is 32.5 Å². The van der Waals surface area contributed by atoms with Gasteiger partial charge in [-0.05, 0) is 49.2 Å². The van der Waals surface area contributed by atoms with Gasteiger partial charge in [0.1, 0.15) is 17.3 Å². The molecule has 0 radical (unpaired) electrons. The van der Waals surface area contributed by atoms with Crippen LogP contribution in [0.25, 0.3) is 5.76 Å². The first kappa shape index (κ1) is 22.3. The Balaban J connectivity index is 1.81. The summed E-state index contributed by atoms with van der Waals surface area (Å²) in [5.41, 5.74) is 1.75. The molecule has 0 bridgehead atoms. The number of benzene rings is 3. The lowest BCUT2D eigenvalue weighted by Crippen LogP contribution is -2.29. The van der Waals surface area contributed by atoms with E-state index in [-0.39, 0.29) is 29.8 Å². The molecule has 4 rings (SSSR count). The zero-order chi connectivity index (χ0) is 23.5. The van der Waals surface area contributed by atoms with Gasteiger partial charge in [0.05, 0.1) is 17.7 Å². The van der Waals surface area contributed by atoms with Gasteiger partial charge in [-0.25, -0.2) is 4.39 Å². The molecule has 6 heteroatoms. The van der Waals surface area contributed by atoms with Gasteiger partial charge in [-0.1, -0.05) is 54.6 Å². The van der Waals surface area contributed by atoms with Gasteiger partial charge in [-0.2, -0.15) is 0 Å². The highest BCUT2D eigenvalue weighted by Crippen LogP contribution is 2.40. The first-order valence-electron chi connectivity index (χ1n) is 10.7. The minimum absolute atomic E-state index is 0.00927. The zero-order valence-corrected chi connectivity index (χ0v) is 18.4. The van der Waals surface area contributed by atoms with E-state index in [1.807, 2.05) is 32.0 Å². The van der Waals surface area contributed by atoms with E-state index in [1.165, 1.54) is 17.0 Å². The van der Waals surface area contributed by atoms with E-state index in [1.54, 1.807) is 48.5 Å². The Morgan fingerprint density at radius 3 is 2.36 bits per heavy atom. The molecule has 0 aliphatic carbocycles. The summed E-state index contributed by atoms with van der Waals surface area (Å²) in [6.07, 6.45) is -0.0620. The van der Waals surface area contributed by atoms with Crippen molar-refractivity contribution in [3.05, 3.63) is 107 Å². The molecule has 1 amide bonds. The van der Waals surface area contributed by atoms with Crippen LogP contribution in [0.2, 0.25) is 0 Å². The molecule has 1 heterocycles. The summed E-state index contributed by atoms with van der Waals surface area (Å²) in [6.45, 7) is 3.88. The molecule has 1 atom stereocenters. The first-order chi connectivity index (χ1) is 15.8. The lowest BCUT2D eigenvalue weighted by Gasteiger charge is -2.25. The van der Waals surface area contributed by atoms with Crippen molar-refractivity contribution < 1.29 is 23.8 Å². The van der Waals surface area contributed by atoms with Gasteiger partial charge in [0.2, 0.25) is 0 Å². The molecule has 3 aromatic rings. The highest BCUT2D eigenvalue weighted by atomic mass is 19.1. The number of aliphatic hydroxyl groups is 1. The van der Waals surface area contributed by atoms with E-state index in [2.05, 4.69) is 0 Å². The minimum Gasteiger partial charge on any atom is -0.507 e. The van der Waals surface area contributed by atoms with Gasteiger partial charge in [0, 0.05) is 12.1 Å². The number of Topliss-reactive ketones (excluding diaryl/α,β-unsaturated/α-hetero) is 1. The van der Waals surface area contributed by atoms with E-state index in [4.69, 9.17) is 4.74 Å². The Hall–Kier alpha value is -3.93. The fraction of sp³-hybridized carbons (Fsp3) is 0.185. The molecule has 0 saturated carbocycles. The third kappa shape index (κ3) is 4.65. The summed E-state index contributed by atoms with van der Waals surface area (Å²) in [6, 6.07) is 20.8. The highest BCUT2D eigenvalue weighted by Gasteiger charge is 2.46. The van der Waals surface area contributed by atoms with E-state index >= 15 is 0 Å². The average Bonchev–Trinajstić information content (AvgIpc) is 3.05. The van der Waals surface area contributed by atoms with Crippen molar-refractivity contribution in [1.29, 1.82) is 0 Å². The number of likely N-dealkylation sites (tertiary alicyclic amines) is 1. The van der Waals surface area contributed by atoms with Crippen LogP contribution in [0, 0.1) is 5.82 Å². The van der Waals surface area contributed by atoms with Crippen molar-refractivity contribution in [3.8, 4) is 5.75 Å². The fourth-order valence-electron chi connectivity index (χ4n) is 3.96. The van der Waals surface area contributed by atoms with Crippen LogP contribution in [-0.4, -0.2) is 27.8 Å². The van der Waals surface area contributed by atoms with Crippen molar-refractivity contribution >= 4 is 17.4 Å². The number of nitrogens with zero attached hydrogens (tertiary/aromatic N) is 1. The summed E-state index contributed by atoms with van der Waals surface area (Å²) in [4.78, 5) is 27.6. The monoisotopic (exact) mass is 445 g/mol. The molecular weight excluding hydrogens is 421 g/mol. The first-order valence-corrected chi connectivity index (χ1v) is 10.7. The molecule has 1 aliphatic rings. The Morgan fingerprint density at radius 2 is 1.70 bits per heavy atom. The fourth-order valence-corrected chi connectivity index (χ4v) is 3.96. The number of ether oxygens (including phenoxy) is 1. The van der Waals surface area contributed by atoms with E-state index in [0.29, 0.717) is 22.4 Å². The molecule has 5 nitrogen and oxygen atoms in total. The van der Waals surface area contributed by atoms with Crippen LogP contribution in [-0.2, 0) is 16.1 Å². The summed E-state index contributed by atoms with van der Waals surface area (Å²) < 4.78 is 19.1. The lowest BCUT2D eigenvalue weighted by molar-refractivity contribution is -0.140. The Kier molecular flexibility index (Phi) is 6.27. The summed E-state index contributed by atoms with van der Waals surface area (Å²) in [7, 11) is 0. The number of rotatable bonds is 6. The second-order valence-electron chi connectivity index (χ2n) is 8.16. The summed E-state index contributed by atoms with van der Waals surface area (Å²) >= 11 is 0. The molecule has 3 aromatic carbocycles. The molecule has 168 valence electrons. The number of aliphatic hydroxyl groups excluding tert-OH is 1. The van der Waals surface area contributed by atoms with E-state index in [9.17, 15) is 19.1 Å². The molecule has 1 fully saturated rings. The average molecular weight is 445 g/mol. The summed E-state index contributed by atoms with van der Waals surface area (Å²) in [5, 5.41) is 11.2. The molecule has 1 aliphatic heterocycles. The third-order valence-corrected chi connectivity index (χ3v) is 5.40. The van der Waals surface area contributed by atoms with Crippen molar-refractivity contribution in [3.63, 3.8) is 0 Å². The van der Waals surface area contributed by atoms with Gasteiger partial charge < -0.3 is 14.7 Å². The van der Waals surface area contributed by atoms with E-state index < -0.39 is 17.7 Å². The van der Waals surface area contributed by atoms with Crippen molar-refractivity contribution in [2.75, 3.05) is 0 Å². The van der Waals surface area contributed by atoms with Crippen LogP contribution in [0.1, 0.15) is 36.6 Å². The van der Waals surface area contributed by atoms with Crippen LogP contribution in [0.3, 0.4) is 0 Å². The molecule has 0 spiro atoms. The SMILES string of the molecule is CC(C)Oc1cccc(/C(O)=C2/C(=O)C(=O)N(Cc3ccc(F)cc3)C2c2ccccc2)c1. The zero-order valence-electron chi connectivity index (χ0n) is 18.4. The number of carbonyl (C=O) groups excluding carboxylic acids is 2. The second-order valence-corrected chi connectivity index (χ2v) is 8.16. The van der Waals surface area contributed by atoms with Crippen LogP contribution in [0.5, 0.6) is 5.75 Å². The third-order valence-electron chi connectivity index (χ3n) is 5.40. The Bertz CT molecular complexity index is 1200. The number of ketones is 1. The summed E-state index contributed by atoms with van der Waals surface area (Å²) in [5.74, 6) is -1.59. The van der Waals surface area contributed by atoms with Gasteiger partial charge in [0.25, 0.3) is 11.7 Å². The Labute approximate surface area is 191 Å². The number of amides is 1. The quantitative estimate of drug-likeness (QED) is 0.320. The smallest absolute Gasteiger partial charge is 0.295 e. The normalized spacial score (nSPS) is 17.6. The number of carbonyl (C=O) groups is 2. The highest BCUT2D eigenvalue weighted by molar-refractivity contribution is 6.46. The predicted molar refractivity (Wildman–Crippen MR) is 123 cm³/mol. The standard InChI is InChI=1S/C27H24FNO4/c1-17(2)33-22-10-6-9-20(15-22)25(30)23-24(19-7-4-3-5-8-19)29(27(32)26(23)31)16-18-11-13-21(28)14-12-18/h3-15,17,24,30H,16H2,1-2H3/b25-23-. The molecule has 1 unspecified atom stereocenters. The van der Waals surface area contributed by atoms with Crippen LogP contribution in [0.15, 0.2) is 84.4 Å². The maximum Gasteiger partial charge on any atom is 0.295 e. The topological polar surface area (TPSA) is 66.8 Å². The predicted octanol–water partition coefficient (Wildman–Crippen LogP) is 5.23. The lowest BCUT2D eigenvalue weighted by atomic mass is 9.95.